The Hall–Kier alpha value is -1.17. The molecular formula is C15H25N3O2S. The molecular weight excluding hydrogens is 286 g/mol. The molecule has 0 bridgehead atoms. The van der Waals surface area contributed by atoms with Crippen LogP contribution in [-0.2, 0) is 11.8 Å². The zero-order valence-electron chi connectivity index (χ0n) is 13.3. The Morgan fingerprint density at radius 1 is 1.48 bits per heavy atom. The minimum atomic E-state index is -0.0359. The number of carbonyl (C=O) groups is 1. The Morgan fingerprint density at radius 2 is 2.24 bits per heavy atom. The Morgan fingerprint density at radius 3 is 2.86 bits per heavy atom. The molecule has 2 atom stereocenters. The Balaban J connectivity index is 1.85. The number of rotatable bonds is 6. The van der Waals surface area contributed by atoms with Gasteiger partial charge in [0.25, 0.3) is 5.91 Å². The predicted octanol–water partition coefficient (Wildman–Crippen LogP) is 2.21. The molecule has 1 fully saturated rings. The molecule has 1 saturated carbocycles. The highest BCUT2D eigenvalue weighted by Crippen LogP contribution is 2.29. The molecule has 1 heterocycles. The van der Waals surface area contributed by atoms with Crippen molar-refractivity contribution in [3.05, 3.63) is 11.4 Å². The number of thioether (sulfide) groups is 1. The lowest BCUT2D eigenvalue weighted by atomic mass is 10.2. The second-order valence-electron chi connectivity index (χ2n) is 5.51. The summed E-state index contributed by atoms with van der Waals surface area (Å²) in [5, 5.41) is 7.96. The summed E-state index contributed by atoms with van der Waals surface area (Å²) in [5.41, 5.74) is 1.77. The fourth-order valence-electron chi connectivity index (χ4n) is 2.85. The van der Waals surface area contributed by atoms with Crippen molar-refractivity contribution in [3.8, 4) is 5.75 Å². The quantitative estimate of drug-likeness (QED) is 0.875. The zero-order chi connectivity index (χ0) is 15.4. The maximum absolute atomic E-state index is 12.1. The van der Waals surface area contributed by atoms with Crippen molar-refractivity contribution in [1.29, 1.82) is 0 Å². The lowest BCUT2D eigenvalue weighted by Gasteiger charge is -2.20. The monoisotopic (exact) mass is 311 g/mol. The molecule has 1 aromatic heterocycles. The third-order valence-corrected chi connectivity index (χ3v) is 5.30. The van der Waals surface area contributed by atoms with Crippen LogP contribution in [0.3, 0.4) is 0 Å². The topological polar surface area (TPSA) is 56.1 Å². The maximum Gasteiger partial charge on any atom is 0.258 e. The first-order valence-corrected chi connectivity index (χ1v) is 8.61. The summed E-state index contributed by atoms with van der Waals surface area (Å²) in [6, 6.07) is 0.294. The van der Waals surface area contributed by atoms with E-state index in [1.54, 1.807) is 4.68 Å². The van der Waals surface area contributed by atoms with Crippen molar-refractivity contribution in [2.75, 3.05) is 12.4 Å². The predicted molar refractivity (Wildman–Crippen MR) is 85.9 cm³/mol. The van der Waals surface area contributed by atoms with E-state index >= 15 is 0 Å². The fraction of sp³-hybridized carbons (Fsp3) is 0.733. The van der Waals surface area contributed by atoms with Crippen molar-refractivity contribution in [3.63, 3.8) is 0 Å². The van der Waals surface area contributed by atoms with Gasteiger partial charge in [0.05, 0.1) is 5.69 Å². The van der Waals surface area contributed by atoms with Crippen molar-refractivity contribution in [2.24, 2.45) is 7.05 Å². The number of nitrogens with one attached hydrogen (secondary N) is 1. The third-order valence-electron chi connectivity index (χ3n) is 3.97. The van der Waals surface area contributed by atoms with E-state index in [9.17, 15) is 4.79 Å². The number of carbonyl (C=O) groups excluding carboxylic acids is 1. The van der Waals surface area contributed by atoms with Gasteiger partial charge in [-0.1, -0.05) is 13.3 Å². The lowest BCUT2D eigenvalue weighted by molar-refractivity contribution is -0.123. The maximum atomic E-state index is 12.1. The van der Waals surface area contributed by atoms with Crippen LogP contribution in [0.15, 0.2) is 0 Å². The molecule has 0 aliphatic heterocycles. The molecule has 0 aromatic carbocycles. The molecule has 0 radical (unpaired) electrons. The van der Waals surface area contributed by atoms with E-state index in [4.69, 9.17) is 4.74 Å². The normalized spacial score (nSPS) is 21.5. The van der Waals surface area contributed by atoms with Gasteiger partial charge in [-0.25, -0.2) is 0 Å². The second kappa shape index (κ2) is 7.20. The van der Waals surface area contributed by atoms with Gasteiger partial charge in [0.1, 0.15) is 5.69 Å². The van der Waals surface area contributed by atoms with Crippen LogP contribution in [0.4, 0.5) is 0 Å². The number of nitrogens with zero attached hydrogens (tertiary/aromatic N) is 2. The molecule has 0 saturated heterocycles. The van der Waals surface area contributed by atoms with E-state index in [-0.39, 0.29) is 12.5 Å². The number of aromatic nitrogens is 2. The van der Waals surface area contributed by atoms with E-state index in [1.807, 2.05) is 32.7 Å². The molecule has 0 spiro atoms. The standard InChI is InChI=1S/C15H25N3O2S/c1-5-21-13-8-6-7-12(13)16-14(19)9-20-15-10(2)17-18(4)11(15)3/h12-13H,5-9H2,1-4H3,(H,16,19)/t12-,13+/m0/s1. The summed E-state index contributed by atoms with van der Waals surface area (Å²) < 4.78 is 7.42. The van der Waals surface area contributed by atoms with Crippen LogP contribution in [0.1, 0.15) is 37.6 Å². The second-order valence-corrected chi connectivity index (χ2v) is 7.03. The van der Waals surface area contributed by atoms with Gasteiger partial charge in [-0.05, 0) is 32.4 Å². The first kappa shape index (κ1) is 16.2. The van der Waals surface area contributed by atoms with E-state index in [2.05, 4.69) is 17.3 Å². The molecule has 1 aliphatic rings. The van der Waals surface area contributed by atoms with Crippen molar-refractivity contribution < 1.29 is 9.53 Å². The summed E-state index contributed by atoms with van der Waals surface area (Å²) in [6.45, 7) is 6.07. The Bertz CT molecular complexity index is 501. The van der Waals surface area contributed by atoms with Crippen LogP contribution < -0.4 is 10.1 Å². The highest BCUT2D eigenvalue weighted by atomic mass is 32.2. The number of hydrogen-bond acceptors (Lipinski definition) is 4. The van der Waals surface area contributed by atoms with Crippen LogP contribution in [0.25, 0.3) is 0 Å². The van der Waals surface area contributed by atoms with Crippen LogP contribution in [0.2, 0.25) is 0 Å². The summed E-state index contributed by atoms with van der Waals surface area (Å²) in [7, 11) is 1.88. The van der Waals surface area contributed by atoms with Gasteiger partial charge < -0.3 is 10.1 Å². The largest absolute Gasteiger partial charge is 0.480 e. The van der Waals surface area contributed by atoms with Crippen LogP contribution >= 0.6 is 11.8 Å². The van der Waals surface area contributed by atoms with Crippen molar-refractivity contribution >= 4 is 17.7 Å². The summed E-state index contributed by atoms with van der Waals surface area (Å²) >= 11 is 1.94. The van der Waals surface area contributed by atoms with Crippen molar-refractivity contribution in [1.82, 2.24) is 15.1 Å². The van der Waals surface area contributed by atoms with Gasteiger partial charge in [-0.3, -0.25) is 9.48 Å². The minimum Gasteiger partial charge on any atom is -0.480 e. The zero-order valence-corrected chi connectivity index (χ0v) is 14.1. The third kappa shape index (κ3) is 3.93. The summed E-state index contributed by atoms with van der Waals surface area (Å²) in [6.07, 6.45) is 3.48. The number of aryl methyl sites for hydroxylation is 2. The van der Waals surface area contributed by atoms with Crippen LogP contribution in [0, 0.1) is 13.8 Å². The van der Waals surface area contributed by atoms with E-state index in [1.165, 1.54) is 12.8 Å². The van der Waals surface area contributed by atoms with Gasteiger partial charge in [-0.2, -0.15) is 16.9 Å². The van der Waals surface area contributed by atoms with Gasteiger partial charge in [-0.15, -0.1) is 0 Å². The van der Waals surface area contributed by atoms with Crippen LogP contribution in [-0.4, -0.2) is 39.3 Å². The van der Waals surface area contributed by atoms with E-state index in [0.29, 0.717) is 11.3 Å². The van der Waals surface area contributed by atoms with Crippen LogP contribution in [0.5, 0.6) is 5.75 Å². The molecule has 5 nitrogen and oxygen atoms in total. The average molecular weight is 311 g/mol. The molecule has 6 heteroatoms. The molecule has 1 aromatic rings. The highest BCUT2D eigenvalue weighted by Gasteiger charge is 2.28. The molecule has 21 heavy (non-hydrogen) atoms. The minimum absolute atomic E-state index is 0.0359. The summed E-state index contributed by atoms with van der Waals surface area (Å²) in [4.78, 5) is 12.1. The molecule has 2 rings (SSSR count). The van der Waals surface area contributed by atoms with E-state index < -0.39 is 0 Å². The van der Waals surface area contributed by atoms with Gasteiger partial charge >= 0.3 is 0 Å². The first-order chi connectivity index (χ1) is 10.0. The highest BCUT2D eigenvalue weighted by molar-refractivity contribution is 7.99. The fourth-order valence-corrected chi connectivity index (χ4v) is 4.05. The lowest BCUT2D eigenvalue weighted by Crippen LogP contribution is -2.41. The summed E-state index contributed by atoms with van der Waals surface area (Å²) in [5.74, 6) is 1.78. The molecule has 0 unspecified atom stereocenters. The number of amides is 1. The molecule has 1 aliphatic carbocycles. The molecule has 1 amide bonds. The van der Waals surface area contributed by atoms with Crippen molar-refractivity contribution in [2.45, 2.75) is 51.3 Å². The van der Waals surface area contributed by atoms with Gasteiger partial charge in [0.2, 0.25) is 0 Å². The van der Waals surface area contributed by atoms with Gasteiger partial charge in [0.15, 0.2) is 12.4 Å². The smallest absolute Gasteiger partial charge is 0.258 e. The SMILES string of the molecule is CCS[C@@H]1CCC[C@@H]1NC(=O)COc1c(C)nn(C)c1C. The first-order valence-electron chi connectivity index (χ1n) is 7.56. The molecule has 118 valence electrons. The average Bonchev–Trinajstić information content (AvgIpc) is 2.95. The van der Waals surface area contributed by atoms with Gasteiger partial charge in [0, 0.05) is 18.3 Å². The Kier molecular flexibility index (Phi) is 5.56. The Labute approximate surface area is 130 Å². The number of hydrogen-bond donors (Lipinski definition) is 1. The number of ether oxygens (including phenoxy) is 1. The van der Waals surface area contributed by atoms with E-state index in [0.717, 1.165) is 29.3 Å². The molecule has 1 N–H and O–H groups in total.